The van der Waals surface area contributed by atoms with Crippen molar-refractivity contribution in [3.8, 4) is 11.5 Å². The number of fused-ring (bicyclic) bond motifs is 7. The maximum atomic E-state index is 12.9. The van der Waals surface area contributed by atoms with Gasteiger partial charge < -0.3 is 14.9 Å². The van der Waals surface area contributed by atoms with E-state index in [1.54, 1.807) is 0 Å². The number of hydrogen-bond donors (Lipinski definition) is 2. The summed E-state index contributed by atoms with van der Waals surface area (Å²) in [4.78, 5) is 12.9. The van der Waals surface area contributed by atoms with Crippen molar-refractivity contribution in [1.29, 1.82) is 0 Å². The van der Waals surface area contributed by atoms with E-state index in [-0.39, 0.29) is 44.5 Å². The maximum Gasteiger partial charge on any atom is 0.311 e. The van der Waals surface area contributed by atoms with Gasteiger partial charge in [-0.05, 0) is 128 Å². The lowest BCUT2D eigenvalue weighted by Gasteiger charge is -2.72. The quantitative estimate of drug-likeness (QED) is 0.351. The molecule has 34 heavy (non-hydrogen) atoms. The summed E-state index contributed by atoms with van der Waals surface area (Å²) < 4.78 is 5.29. The molecule has 1 unspecified atom stereocenters. The molecule has 0 heterocycles. The van der Waals surface area contributed by atoms with Crippen molar-refractivity contribution in [2.24, 2.45) is 33.5 Å². The number of methoxy groups -OCH3 is 1. The van der Waals surface area contributed by atoms with Gasteiger partial charge >= 0.3 is 5.97 Å². The molecule has 1 aromatic rings. The zero-order valence-corrected chi connectivity index (χ0v) is 22.3. The molecule has 1 aromatic carbocycles. The van der Waals surface area contributed by atoms with Gasteiger partial charge in [0.1, 0.15) is 0 Å². The lowest BCUT2D eigenvalue weighted by atomic mass is 9.32. The van der Waals surface area contributed by atoms with Crippen LogP contribution in [0.2, 0.25) is 0 Å². The zero-order valence-electron chi connectivity index (χ0n) is 22.3. The van der Waals surface area contributed by atoms with Crippen LogP contribution in [0, 0.1) is 40.4 Å². The fraction of sp³-hybridized carbons (Fsp3) is 0.767. The fourth-order valence-corrected chi connectivity index (χ4v) is 9.83. The molecule has 3 saturated carbocycles. The number of esters is 1. The Morgan fingerprint density at radius 2 is 1.56 bits per heavy atom. The lowest BCUT2D eigenvalue weighted by molar-refractivity contribution is -0.214. The summed E-state index contributed by atoms with van der Waals surface area (Å²) in [6.07, 6.45) is 9.71. The van der Waals surface area contributed by atoms with Gasteiger partial charge in [0.15, 0.2) is 11.5 Å². The number of rotatable bonds is 1. The SMILES string of the molecule is COC(=O)[C@]1(C)CC[C@]2(C)CC[C@]3(C)[C@@H]4CCc5c(cc(O)c(O)c5C)[C@]4(C)CC[C@@]3(C)C2C1. The van der Waals surface area contributed by atoms with E-state index in [2.05, 4.69) is 34.6 Å². The molecule has 5 rings (SSSR count). The number of carbonyl (C=O) groups is 1. The van der Waals surface area contributed by atoms with E-state index < -0.39 is 0 Å². The zero-order chi connectivity index (χ0) is 24.9. The summed E-state index contributed by atoms with van der Waals surface area (Å²) >= 11 is 0. The summed E-state index contributed by atoms with van der Waals surface area (Å²) in [6, 6.07) is 1.87. The van der Waals surface area contributed by atoms with Gasteiger partial charge in [0.25, 0.3) is 0 Å². The highest BCUT2D eigenvalue weighted by atomic mass is 16.5. The Morgan fingerprint density at radius 1 is 0.941 bits per heavy atom. The Kier molecular flexibility index (Phi) is 5.06. The molecule has 0 aromatic heterocycles. The van der Waals surface area contributed by atoms with Crippen molar-refractivity contribution in [3.05, 3.63) is 22.8 Å². The van der Waals surface area contributed by atoms with Crippen molar-refractivity contribution in [2.75, 3.05) is 7.11 Å². The molecule has 0 amide bonds. The molecule has 2 N–H and O–H groups in total. The Hall–Kier alpha value is -1.71. The van der Waals surface area contributed by atoms with Crippen LogP contribution in [0.5, 0.6) is 11.5 Å². The van der Waals surface area contributed by atoms with Crippen LogP contribution in [0.4, 0.5) is 0 Å². The summed E-state index contributed by atoms with van der Waals surface area (Å²) in [5, 5.41) is 20.9. The Morgan fingerprint density at radius 3 is 2.24 bits per heavy atom. The molecular formula is C30H44O4. The highest BCUT2D eigenvalue weighted by molar-refractivity contribution is 5.76. The van der Waals surface area contributed by atoms with Crippen LogP contribution >= 0.6 is 0 Å². The Bertz CT molecular complexity index is 1050. The van der Waals surface area contributed by atoms with E-state index in [4.69, 9.17) is 4.74 Å². The first-order valence-electron chi connectivity index (χ1n) is 13.4. The van der Waals surface area contributed by atoms with Crippen LogP contribution in [0.15, 0.2) is 6.07 Å². The minimum atomic E-state index is -0.388. The van der Waals surface area contributed by atoms with Gasteiger partial charge in [-0.3, -0.25) is 4.79 Å². The molecule has 3 fully saturated rings. The van der Waals surface area contributed by atoms with E-state index in [9.17, 15) is 15.0 Å². The van der Waals surface area contributed by atoms with Gasteiger partial charge in [0, 0.05) is 0 Å². The normalized spacial score (nSPS) is 45.4. The molecule has 188 valence electrons. The molecule has 4 heteroatoms. The van der Waals surface area contributed by atoms with Crippen LogP contribution in [0.3, 0.4) is 0 Å². The second-order valence-corrected chi connectivity index (χ2v) is 13.7. The largest absolute Gasteiger partial charge is 0.504 e. The Balaban J connectivity index is 1.59. The number of phenolic OH excluding ortho intramolecular Hbond substituents is 2. The Labute approximate surface area is 205 Å². The molecule has 0 bridgehead atoms. The van der Waals surface area contributed by atoms with Gasteiger partial charge in [0.2, 0.25) is 0 Å². The van der Waals surface area contributed by atoms with E-state index in [0.717, 1.165) is 50.5 Å². The number of phenols is 2. The predicted molar refractivity (Wildman–Crippen MR) is 134 cm³/mol. The van der Waals surface area contributed by atoms with E-state index in [1.807, 2.05) is 13.0 Å². The number of aromatic hydroxyl groups is 2. The highest BCUT2D eigenvalue weighted by Crippen LogP contribution is 2.75. The van der Waals surface area contributed by atoms with E-state index >= 15 is 0 Å². The van der Waals surface area contributed by atoms with Crippen molar-refractivity contribution in [3.63, 3.8) is 0 Å². The lowest BCUT2D eigenvalue weighted by Crippen LogP contribution is -2.65. The molecule has 4 nitrogen and oxygen atoms in total. The molecular weight excluding hydrogens is 424 g/mol. The molecule has 0 saturated heterocycles. The third kappa shape index (κ3) is 2.80. The summed E-state index contributed by atoms with van der Waals surface area (Å²) in [5.41, 5.74) is 3.57. The summed E-state index contributed by atoms with van der Waals surface area (Å²) in [7, 11) is 1.54. The van der Waals surface area contributed by atoms with Crippen molar-refractivity contribution < 1.29 is 19.7 Å². The van der Waals surface area contributed by atoms with E-state index in [1.165, 1.54) is 31.1 Å². The maximum absolute atomic E-state index is 12.9. The van der Waals surface area contributed by atoms with Crippen LogP contribution in [0.1, 0.15) is 103 Å². The first-order chi connectivity index (χ1) is 15.8. The summed E-state index contributed by atoms with van der Waals surface area (Å²) in [5.74, 6) is 1.05. The van der Waals surface area contributed by atoms with Crippen LogP contribution in [0.25, 0.3) is 0 Å². The fourth-order valence-electron chi connectivity index (χ4n) is 9.83. The third-order valence-corrected chi connectivity index (χ3v) is 12.4. The van der Waals surface area contributed by atoms with Gasteiger partial charge in [-0.2, -0.15) is 0 Å². The van der Waals surface area contributed by atoms with Crippen molar-refractivity contribution in [2.45, 2.75) is 105 Å². The molecule has 0 spiro atoms. The van der Waals surface area contributed by atoms with Gasteiger partial charge in [0.05, 0.1) is 12.5 Å². The topological polar surface area (TPSA) is 66.8 Å². The second-order valence-electron chi connectivity index (χ2n) is 13.7. The standard InChI is InChI=1S/C30H44O4/c1-18-19-8-9-22-28(4,20(19)16-21(31)24(18)32)13-15-30(6)23-17-27(3,25(33)34-7)11-10-26(23,2)12-14-29(22,30)5/h16,22-23,31-32H,8-15,17H2,1-7H3/t22-,23?,26-,27-,28+,29-,30+/m1/s1. The predicted octanol–water partition coefficient (Wildman–Crippen LogP) is 6.81. The second kappa shape index (κ2) is 7.17. The smallest absolute Gasteiger partial charge is 0.311 e. The molecule has 0 aliphatic heterocycles. The minimum absolute atomic E-state index is 0.00809. The van der Waals surface area contributed by atoms with Crippen LogP contribution in [-0.4, -0.2) is 23.3 Å². The first kappa shape index (κ1) is 24.0. The number of benzene rings is 1. The molecule has 7 atom stereocenters. The first-order valence-corrected chi connectivity index (χ1v) is 13.4. The molecule has 0 radical (unpaired) electrons. The van der Waals surface area contributed by atoms with E-state index in [0.29, 0.717) is 11.8 Å². The van der Waals surface area contributed by atoms with Crippen molar-refractivity contribution >= 4 is 5.97 Å². The van der Waals surface area contributed by atoms with Crippen LogP contribution in [-0.2, 0) is 21.4 Å². The monoisotopic (exact) mass is 468 g/mol. The number of ether oxygens (including phenoxy) is 1. The average molecular weight is 469 g/mol. The number of hydrogen-bond acceptors (Lipinski definition) is 4. The molecule has 4 aliphatic rings. The summed E-state index contributed by atoms with van der Waals surface area (Å²) in [6.45, 7) is 14.1. The highest BCUT2D eigenvalue weighted by Gasteiger charge is 2.68. The van der Waals surface area contributed by atoms with Crippen molar-refractivity contribution in [1.82, 2.24) is 0 Å². The minimum Gasteiger partial charge on any atom is -0.504 e. The van der Waals surface area contributed by atoms with Gasteiger partial charge in [-0.1, -0.05) is 27.7 Å². The van der Waals surface area contributed by atoms with Gasteiger partial charge in [-0.25, -0.2) is 0 Å². The molecule has 4 aliphatic carbocycles. The van der Waals surface area contributed by atoms with Crippen LogP contribution < -0.4 is 0 Å². The van der Waals surface area contributed by atoms with Gasteiger partial charge in [-0.15, -0.1) is 0 Å². The average Bonchev–Trinajstić information content (AvgIpc) is 2.80. The third-order valence-electron chi connectivity index (χ3n) is 12.4. The number of carbonyl (C=O) groups excluding carboxylic acids is 1.